The third-order valence-corrected chi connectivity index (χ3v) is 6.39. The highest BCUT2D eigenvalue weighted by Crippen LogP contribution is 2.33. The van der Waals surface area contributed by atoms with Crippen molar-refractivity contribution in [3.8, 4) is 0 Å². The summed E-state index contributed by atoms with van der Waals surface area (Å²) in [7, 11) is 0. The van der Waals surface area contributed by atoms with Gasteiger partial charge in [0.15, 0.2) is 0 Å². The molecule has 2 aliphatic heterocycles. The second-order valence-corrected chi connectivity index (χ2v) is 8.74. The molecular formula is C18H32F2N2O5S. The lowest BCUT2D eigenvalue weighted by Crippen LogP contribution is -2.67. The number of thioether (sulfide) groups is 1. The summed E-state index contributed by atoms with van der Waals surface area (Å²) in [6.07, 6.45) is -1.34. The Hall–Kier alpha value is -0.520. The van der Waals surface area contributed by atoms with Crippen LogP contribution in [0.5, 0.6) is 0 Å². The van der Waals surface area contributed by atoms with Gasteiger partial charge in [0, 0.05) is 6.92 Å². The number of aliphatic hydroxyl groups is 3. The van der Waals surface area contributed by atoms with Gasteiger partial charge in [0.1, 0.15) is 35.9 Å². The number of nitrogens with one attached hydrogen (secondary N) is 2. The molecule has 0 saturated carbocycles. The van der Waals surface area contributed by atoms with Crippen molar-refractivity contribution in [3.63, 3.8) is 0 Å². The Labute approximate surface area is 168 Å². The molecule has 10 heteroatoms. The molecule has 7 nitrogen and oxygen atoms in total. The van der Waals surface area contributed by atoms with E-state index in [1.165, 1.54) is 0 Å². The third kappa shape index (κ3) is 5.54. The largest absolute Gasteiger partial charge is 0.388 e. The highest BCUT2D eigenvalue weighted by Gasteiger charge is 2.53. The SMILES string of the molecule is CCC[C@@H]1CCN[C@H](C(=O)N[C@@H]([C@H]2O[C@H](SC)[C@H](O)[C@@H](O)[C@H]2O)C(C)(F)F)C1. The molecule has 2 saturated heterocycles. The van der Waals surface area contributed by atoms with Crippen LogP contribution in [-0.2, 0) is 9.53 Å². The summed E-state index contributed by atoms with van der Waals surface area (Å²) in [6, 6.07) is -2.44. The smallest absolute Gasteiger partial charge is 0.267 e. The number of alkyl halides is 2. The van der Waals surface area contributed by atoms with Crippen molar-refractivity contribution in [2.75, 3.05) is 12.8 Å². The van der Waals surface area contributed by atoms with E-state index in [1.807, 2.05) is 0 Å². The number of rotatable bonds is 7. The monoisotopic (exact) mass is 426 g/mol. The molecule has 0 aromatic heterocycles. The zero-order chi connectivity index (χ0) is 21.1. The van der Waals surface area contributed by atoms with E-state index in [-0.39, 0.29) is 0 Å². The maximum Gasteiger partial charge on any atom is 0.267 e. The van der Waals surface area contributed by atoms with Crippen molar-refractivity contribution in [2.45, 2.75) is 87.4 Å². The lowest BCUT2D eigenvalue weighted by Gasteiger charge is -2.44. The fourth-order valence-corrected chi connectivity index (χ4v) is 4.64. The quantitative estimate of drug-likeness (QED) is 0.402. The first-order chi connectivity index (χ1) is 13.1. The number of hydrogen-bond acceptors (Lipinski definition) is 7. The molecule has 164 valence electrons. The van der Waals surface area contributed by atoms with Crippen molar-refractivity contribution in [2.24, 2.45) is 5.92 Å². The Balaban J connectivity index is 2.14. The topological polar surface area (TPSA) is 111 Å². The predicted molar refractivity (Wildman–Crippen MR) is 102 cm³/mol. The first kappa shape index (κ1) is 23.8. The molecule has 0 unspecified atom stereocenters. The third-order valence-electron chi connectivity index (χ3n) is 5.54. The molecular weight excluding hydrogens is 394 g/mol. The zero-order valence-electron chi connectivity index (χ0n) is 16.5. The van der Waals surface area contributed by atoms with Crippen LogP contribution in [0, 0.1) is 5.92 Å². The first-order valence-electron chi connectivity index (χ1n) is 9.74. The molecule has 0 radical (unpaired) electrons. The Morgan fingerprint density at radius 2 is 2.00 bits per heavy atom. The molecule has 2 heterocycles. The van der Waals surface area contributed by atoms with Crippen molar-refractivity contribution >= 4 is 17.7 Å². The molecule has 2 rings (SSSR count). The van der Waals surface area contributed by atoms with Crippen LogP contribution in [0.1, 0.15) is 39.5 Å². The van der Waals surface area contributed by atoms with Crippen LogP contribution >= 0.6 is 11.8 Å². The maximum absolute atomic E-state index is 14.3. The summed E-state index contributed by atoms with van der Waals surface area (Å²) in [6.45, 7) is 3.33. The minimum absolute atomic E-state index is 0.358. The molecule has 0 spiro atoms. The summed E-state index contributed by atoms with van der Waals surface area (Å²) in [4.78, 5) is 12.7. The average molecular weight is 427 g/mol. The molecule has 1 amide bonds. The standard InChI is InChI=1S/C18H32F2N2O5S/c1-4-5-9-6-7-21-10(8-9)16(26)22-15(18(2,19)20)14-12(24)11(23)13(25)17(27-14)28-3/h9-15,17,21,23-25H,4-8H2,1-3H3,(H,22,26)/t9-,10+,11+,12-,13-,14+,15+,17-/m1/s1. The molecule has 0 aromatic carbocycles. The number of piperidine rings is 1. The fourth-order valence-electron chi connectivity index (χ4n) is 3.96. The summed E-state index contributed by atoms with van der Waals surface area (Å²) in [5.41, 5.74) is -0.994. The van der Waals surface area contributed by atoms with E-state index in [1.54, 1.807) is 6.26 Å². The van der Waals surface area contributed by atoms with Crippen LogP contribution in [0.15, 0.2) is 0 Å². The molecule has 0 bridgehead atoms. The van der Waals surface area contributed by atoms with E-state index in [0.717, 1.165) is 31.0 Å². The molecule has 0 aromatic rings. The number of halogens is 2. The van der Waals surface area contributed by atoms with E-state index < -0.39 is 53.8 Å². The molecule has 8 atom stereocenters. The summed E-state index contributed by atoms with van der Waals surface area (Å²) < 4.78 is 34.2. The Kier molecular flexibility index (Phi) is 8.48. The minimum atomic E-state index is -3.41. The second kappa shape index (κ2) is 9.99. The van der Waals surface area contributed by atoms with Crippen molar-refractivity contribution in [1.29, 1.82) is 0 Å². The van der Waals surface area contributed by atoms with Crippen LogP contribution in [0.3, 0.4) is 0 Å². The van der Waals surface area contributed by atoms with E-state index in [9.17, 15) is 28.9 Å². The van der Waals surface area contributed by atoms with Crippen molar-refractivity contribution < 1.29 is 33.6 Å². The second-order valence-electron chi connectivity index (χ2n) is 7.80. The van der Waals surface area contributed by atoms with Gasteiger partial charge in [0.2, 0.25) is 5.91 Å². The Bertz CT molecular complexity index is 521. The van der Waals surface area contributed by atoms with Crippen molar-refractivity contribution in [1.82, 2.24) is 10.6 Å². The van der Waals surface area contributed by atoms with Gasteiger partial charge in [0.05, 0.1) is 6.04 Å². The molecule has 28 heavy (non-hydrogen) atoms. The molecule has 0 aliphatic carbocycles. The van der Waals surface area contributed by atoms with Crippen LogP contribution in [0.4, 0.5) is 8.78 Å². The van der Waals surface area contributed by atoms with E-state index in [2.05, 4.69) is 17.6 Å². The van der Waals surface area contributed by atoms with E-state index in [0.29, 0.717) is 25.8 Å². The predicted octanol–water partition coefficient (Wildman–Crippen LogP) is 0.465. The molecule has 5 N–H and O–H groups in total. The number of carbonyl (C=O) groups is 1. The maximum atomic E-state index is 14.3. The number of amides is 1. The van der Waals surface area contributed by atoms with Crippen LogP contribution in [0.25, 0.3) is 0 Å². The normalized spacial score (nSPS) is 38.1. The summed E-state index contributed by atoms with van der Waals surface area (Å²) in [5, 5.41) is 35.6. The van der Waals surface area contributed by atoms with Gasteiger partial charge >= 0.3 is 0 Å². The van der Waals surface area contributed by atoms with Gasteiger partial charge in [-0.1, -0.05) is 19.8 Å². The first-order valence-corrected chi connectivity index (χ1v) is 11.0. The number of aliphatic hydroxyl groups excluding tert-OH is 3. The number of hydrogen-bond donors (Lipinski definition) is 5. The zero-order valence-corrected chi connectivity index (χ0v) is 17.3. The van der Waals surface area contributed by atoms with Gasteiger partial charge < -0.3 is 30.7 Å². The molecule has 2 aliphatic rings. The van der Waals surface area contributed by atoms with Gasteiger partial charge in [0.25, 0.3) is 5.92 Å². The van der Waals surface area contributed by atoms with Gasteiger partial charge in [-0.05, 0) is 31.6 Å². The van der Waals surface area contributed by atoms with Gasteiger partial charge in [-0.15, -0.1) is 11.8 Å². The highest BCUT2D eigenvalue weighted by atomic mass is 32.2. The Morgan fingerprint density at radius 1 is 1.32 bits per heavy atom. The summed E-state index contributed by atoms with van der Waals surface area (Å²) in [5.74, 6) is -3.63. The van der Waals surface area contributed by atoms with Gasteiger partial charge in [-0.2, -0.15) is 0 Å². The number of carbonyl (C=O) groups excluding carboxylic acids is 1. The van der Waals surface area contributed by atoms with Crippen LogP contribution in [-0.4, -0.2) is 81.9 Å². The van der Waals surface area contributed by atoms with Gasteiger partial charge in [-0.25, -0.2) is 8.78 Å². The fraction of sp³-hybridized carbons (Fsp3) is 0.944. The van der Waals surface area contributed by atoms with Crippen LogP contribution < -0.4 is 10.6 Å². The van der Waals surface area contributed by atoms with E-state index >= 15 is 0 Å². The lowest BCUT2D eigenvalue weighted by molar-refractivity contribution is -0.222. The Morgan fingerprint density at radius 3 is 2.57 bits per heavy atom. The number of ether oxygens (including phenoxy) is 1. The molecule has 2 fully saturated rings. The van der Waals surface area contributed by atoms with Crippen LogP contribution in [0.2, 0.25) is 0 Å². The van der Waals surface area contributed by atoms with Crippen molar-refractivity contribution in [3.05, 3.63) is 0 Å². The lowest BCUT2D eigenvalue weighted by atomic mass is 9.87. The van der Waals surface area contributed by atoms with Gasteiger partial charge in [-0.3, -0.25) is 4.79 Å². The highest BCUT2D eigenvalue weighted by molar-refractivity contribution is 7.99. The summed E-state index contributed by atoms with van der Waals surface area (Å²) >= 11 is 1.03. The average Bonchev–Trinajstić information content (AvgIpc) is 2.64. The van der Waals surface area contributed by atoms with E-state index in [4.69, 9.17) is 4.74 Å². The minimum Gasteiger partial charge on any atom is -0.388 e.